The molecule has 0 bridgehead atoms. The zero-order valence-electron chi connectivity index (χ0n) is 30.1. The summed E-state index contributed by atoms with van der Waals surface area (Å²) in [5.41, 5.74) is 12.4. The van der Waals surface area contributed by atoms with Crippen LogP contribution in [-0.4, -0.2) is 57.9 Å². The molecule has 6 N–H and O–H groups in total. The summed E-state index contributed by atoms with van der Waals surface area (Å²) in [5, 5.41) is 12.2. The number of nitrogens with zero attached hydrogens (tertiary/aromatic N) is 2. The molecule has 0 aliphatic rings. The second-order valence-corrected chi connectivity index (χ2v) is 12.8. The van der Waals surface area contributed by atoms with E-state index in [1.165, 1.54) is 13.8 Å². The van der Waals surface area contributed by atoms with E-state index in [0.717, 1.165) is 66.8 Å². The van der Waals surface area contributed by atoms with Gasteiger partial charge in [0, 0.05) is 76.6 Å². The van der Waals surface area contributed by atoms with Crippen LogP contribution >= 0.6 is 0 Å². The molecule has 0 unspecified atom stereocenters. The molecule has 6 rings (SSSR count). The first-order valence-corrected chi connectivity index (χ1v) is 17.5. The van der Waals surface area contributed by atoms with E-state index >= 15 is 0 Å². The number of nitrogens with one attached hydrogen (secondary N) is 6. The lowest BCUT2D eigenvalue weighted by Gasteiger charge is -2.16. The first kappa shape index (κ1) is 36.1. The van der Waals surface area contributed by atoms with E-state index in [2.05, 4.69) is 81.5 Å². The van der Waals surface area contributed by atoms with Crippen LogP contribution in [0.15, 0.2) is 72.8 Å². The Labute approximate surface area is 303 Å². The van der Waals surface area contributed by atoms with Crippen molar-refractivity contribution in [1.82, 2.24) is 41.2 Å². The molecule has 4 aromatic heterocycles. The summed E-state index contributed by atoms with van der Waals surface area (Å²) in [4.78, 5) is 38.3. The van der Waals surface area contributed by atoms with Gasteiger partial charge in [-0.05, 0) is 71.5 Å². The Hall–Kier alpha value is -5.72. The normalized spacial score (nSPS) is 11.2. The smallest absolute Gasteiger partial charge is 0.216 e. The van der Waals surface area contributed by atoms with Gasteiger partial charge in [-0.2, -0.15) is 0 Å². The van der Waals surface area contributed by atoms with Crippen LogP contribution in [0.1, 0.15) is 47.5 Å². The standard InChI is InChI=1S/C40H46N8O4/c1-25-29(23-51-39-13-11-35-37(47-39)19-31(45-35)21-41-15-17-43-27(3)49)7-5-9-33(25)34-10-6-8-30(26(34)2)24-52-40-14-12-36-38(48-40)20-32(46-36)22-42-16-18-44-28(4)50/h5-14,19-20,41-42,45-46H,15-18,21-24H2,1-4H3,(H,43,49)(H,44,50). The Balaban J connectivity index is 1.06. The third-order valence-electron chi connectivity index (χ3n) is 8.93. The quantitative estimate of drug-likeness (QED) is 0.0697. The lowest BCUT2D eigenvalue weighted by atomic mass is 9.92. The van der Waals surface area contributed by atoms with Crippen molar-refractivity contribution in [3.8, 4) is 22.9 Å². The maximum absolute atomic E-state index is 11.0. The van der Waals surface area contributed by atoms with Gasteiger partial charge in [0.25, 0.3) is 0 Å². The van der Waals surface area contributed by atoms with Crippen molar-refractivity contribution in [2.45, 2.75) is 54.0 Å². The van der Waals surface area contributed by atoms with E-state index < -0.39 is 0 Å². The van der Waals surface area contributed by atoms with Crippen molar-refractivity contribution >= 4 is 33.9 Å². The van der Waals surface area contributed by atoms with E-state index in [1.54, 1.807) is 0 Å². The van der Waals surface area contributed by atoms with Gasteiger partial charge in [-0.3, -0.25) is 9.59 Å². The number of H-pyrrole nitrogens is 2. The van der Waals surface area contributed by atoms with E-state index in [4.69, 9.17) is 19.4 Å². The zero-order valence-corrected chi connectivity index (χ0v) is 30.1. The van der Waals surface area contributed by atoms with Gasteiger partial charge >= 0.3 is 0 Å². The van der Waals surface area contributed by atoms with Gasteiger partial charge in [0.15, 0.2) is 0 Å². The number of aromatic amines is 2. The van der Waals surface area contributed by atoms with Gasteiger partial charge in [-0.1, -0.05) is 36.4 Å². The molecule has 0 atom stereocenters. The highest BCUT2D eigenvalue weighted by Gasteiger charge is 2.13. The van der Waals surface area contributed by atoms with E-state index in [-0.39, 0.29) is 11.8 Å². The fourth-order valence-corrected chi connectivity index (χ4v) is 6.11. The predicted molar refractivity (Wildman–Crippen MR) is 203 cm³/mol. The summed E-state index contributed by atoms with van der Waals surface area (Å²) < 4.78 is 12.4. The van der Waals surface area contributed by atoms with Crippen LogP contribution in [0, 0.1) is 13.8 Å². The third-order valence-corrected chi connectivity index (χ3v) is 8.93. The highest BCUT2D eigenvalue weighted by molar-refractivity contribution is 5.78. The summed E-state index contributed by atoms with van der Waals surface area (Å²) in [6.45, 7) is 11.9. The molecule has 0 fully saturated rings. The topological polar surface area (TPSA) is 158 Å². The van der Waals surface area contributed by atoms with Crippen LogP contribution < -0.4 is 30.7 Å². The van der Waals surface area contributed by atoms with Crippen molar-refractivity contribution in [1.29, 1.82) is 0 Å². The molecule has 0 aliphatic carbocycles. The molecule has 0 spiro atoms. The van der Waals surface area contributed by atoms with Crippen molar-refractivity contribution < 1.29 is 19.1 Å². The number of rotatable bonds is 17. The van der Waals surface area contributed by atoms with E-state index in [1.807, 2.05) is 36.4 Å². The number of fused-ring (bicyclic) bond motifs is 2. The van der Waals surface area contributed by atoms with Crippen LogP contribution in [0.25, 0.3) is 33.2 Å². The van der Waals surface area contributed by atoms with Gasteiger partial charge in [0.2, 0.25) is 23.6 Å². The minimum atomic E-state index is -0.0322. The Bertz CT molecular complexity index is 2020. The number of hydrogen-bond acceptors (Lipinski definition) is 8. The lowest BCUT2D eigenvalue weighted by Crippen LogP contribution is -2.29. The molecule has 270 valence electrons. The number of amides is 2. The lowest BCUT2D eigenvalue weighted by molar-refractivity contribution is -0.119. The molecule has 12 heteroatoms. The highest BCUT2D eigenvalue weighted by atomic mass is 16.5. The minimum Gasteiger partial charge on any atom is -0.473 e. The van der Waals surface area contributed by atoms with Gasteiger partial charge in [-0.15, -0.1) is 0 Å². The predicted octanol–water partition coefficient (Wildman–Crippen LogP) is 5.33. The van der Waals surface area contributed by atoms with Gasteiger partial charge in [0.1, 0.15) is 13.2 Å². The molecule has 2 aromatic carbocycles. The summed E-state index contributed by atoms with van der Waals surface area (Å²) >= 11 is 0. The number of hydrogen-bond donors (Lipinski definition) is 6. The van der Waals surface area contributed by atoms with Crippen molar-refractivity contribution in [2.24, 2.45) is 0 Å². The molecule has 0 aliphatic heterocycles. The summed E-state index contributed by atoms with van der Waals surface area (Å²) in [7, 11) is 0. The molecule has 12 nitrogen and oxygen atoms in total. The van der Waals surface area contributed by atoms with Crippen molar-refractivity contribution in [3.05, 3.63) is 106 Å². The first-order valence-electron chi connectivity index (χ1n) is 17.5. The first-order chi connectivity index (χ1) is 25.2. The Morgan fingerprint density at radius 3 is 1.48 bits per heavy atom. The zero-order chi connectivity index (χ0) is 36.5. The van der Waals surface area contributed by atoms with Crippen LogP contribution in [-0.2, 0) is 35.9 Å². The molecule has 2 amide bonds. The minimum absolute atomic E-state index is 0.0322. The van der Waals surface area contributed by atoms with Crippen LogP contribution in [0.2, 0.25) is 0 Å². The molecular formula is C40H46N8O4. The number of ether oxygens (including phenoxy) is 2. The molecule has 0 radical (unpaired) electrons. The number of benzene rings is 2. The molecule has 4 heterocycles. The Morgan fingerprint density at radius 2 is 1.06 bits per heavy atom. The van der Waals surface area contributed by atoms with Gasteiger partial charge in [-0.25, -0.2) is 9.97 Å². The maximum atomic E-state index is 11.0. The Kier molecular flexibility index (Phi) is 11.8. The summed E-state index contributed by atoms with van der Waals surface area (Å²) in [6.07, 6.45) is 0. The van der Waals surface area contributed by atoms with Crippen molar-refractivity contribution in [3.63, 3.8) is 0 Å². The van der Waals surface area contributed by atoms with Gasteiger partial charge in [0.05, 0.1) is 22.1 Å². The molecular weight excluding hydrogens is 656 g/mol. The second kappa shape index (κ2) is 17.0. The maximum Gasteiger partial charge on any atom is 0.216 e. The van der Waals surface area contributed by atoms with Crippen LogP contribution in [0.4, 0.5) is 0 Å². The third kappa shape index (κ3) is 9.33. The average Bonchev–Trinajstić information content (AvgIpc) is 3.73. The number of aromatic nitrogens is 4. The summed E-state index contributed by atoms with van der Waals surface area (Å²) in [5.74, 6) is 1.06. The SMILES string of the molecule is CC(=O)NCCNCc1cc2nc(OCc3cccc(-c4cccc(COc5ccc6[nH]c(CNCCNC(C)=O)cc6n5)c4C)c3C)ccc2[nH]1. The van der Waals surface area contributed by atoms with Crippen LogP contribution in [0.3, 0.4) is 0 Å². The monoisotopic (exact) mass is 702 g/mol. The molecule has 0 saturated heterocycles. The Morgan fingerprint density at radius 1 is 0.615 bits per heavy atom. The van der Waals surface area contributed by atoms with E-state index in [0.29, 0.717) is 64.2 Å². The number of carbonyl (C=O) groups excluding carboxylic acids is 2. The largest absolute Gasteiger partial charge is 0.473 e. The van der Waals surface area contributed by atoms with Gasteiger partial charge < -0.3 is 40.7 Å². The number of pyridine rings is 2. The highest BCUT2D eigenvalue weighted by Crippen LogP contribution is 2.31. The average molecular weight is 703 g/mol. The second-order valence-electron chi connectivity index (χ2n) is 12.8. The molecule has 6 aromatic rings. The molecule has 52 heavy (non-hydrogen) atoms. The fourth-order valence-electron chi connectivity index (χ4n) is 6.11. The molecule has 0 saturated carbocycles. The van der Waals surface area contributed by atoms with E-state index in [9.17, 15) is 9.59 Å². The van der Waals surface area contributed by atoms with Crippen LogP contribution in [0.5, 0.6) is 11.8 Å². The fraction of sp³-hybridized carbons (Fsp3) is 0.300. The number of carbonyl (C=O) groups is 2. The summed E-state index contributed by atoms with van der Waals surface area (Å²) in [6, 6.07) is 24.4. The van der Waals surface area contributed by atoms with Crippen molar-refractivity contribution in [2.75, 3.05) is 26.2 Å².